The summed E-state index contributed by atoms with van der Waals surface area (Å²) in [5.41, 5.74) is 3.68. The largest absolute Gasteiger partial charge is 0.333 e. The zero-order valence-electron chi connectivity index (χ0n) is 15.6. The molecule has 3 aromatic rings. The maximum absolute atomic E-state index is 13.1. The number of rotatable bonds is 4. The quantitative estimate of drug-likeness (QED) is 0.514. The number of aryl methyl sites for hydroxylation is 1. The van der Waals surface area contributed by atoms with Crippen LogP contribution < -0.4 is 0 Å². The van der Waals surface area contributed by atoms with E-state index >= 15 is 0 Å². The minimum Gasteiger partial charge on any atom is -0.333 e. The van der Waals surface area contributed by atoms with Gasteiger partial charge >= 0.3 is 0 Å². The average molecular weight is 377 g/mol. The van der Waals surface area contributed by atoms with Crippen molar-refractivity contribution in [2.75, 3.05) is 7.05 Å². The van der Waals surface area contributed by atoms with E-state index < -0.39 is 4.92 Å². The van der Waals surface area contributed by atoms with E-state index in [2.05, 4.69) is 22.4 Å². The van der Waals surface area contributed by atoms with Gasteiger partial charge in [-0.05, 0) is 37.0 Å². The van der Waals surface area contributed by atoms with Crippen molar-refractivity contribution in [3.05, 3.63) is 81.2 Å². The predicted molar refractivity (Wildman–Crippen MR) is 102 cm³/mol. The number of fused-ring (bicyclic) bond motifs is 1. The molecular formula is C20H19N5O3. The molecule has 1 aromatic heterocycles. The van der Waals surface area contributed by atoms with Gasteiger partial charge in [-0.2, -0.15) is 0 Å². The molecule has 1 amide bonds. The lowest BCUT2D eigenvalue weighted by molar-refractivity contribution is -0.384. The Bertz CT molecular complexity index is 1080. The summed E-state index contributed by atoms with van der Waals surface area (Å²) in [6.07, 6.45) is 1.82. The van der Waals surface area contributed by atoms with Gasteiger partial charge in [-0.3, -0.25) is 14.9 Å². The molecule has 1 atom stereocenters. The third-order valence-electron chi connectivity index (χ3n) is 5.27. The first-order valence-corrected chi connectivity index (χ1v) is 8.99. The number of carbonyl (C=O) groups excluding carboxylic acids is 1. The van der Waals surface area contributed by atoms with Gasteiger partial charge in [0.25, 0.3) is 11.6 Å². The number of nitro groups is 1. The Balaban J connectivity index is 1.63. The average Bonchev–Trinajstić information content (AvgIpc) is 3.30. The molecule has 0 bridgehead atoms. The van der Waals surface area contributed by atoms with E-state index in [9.17, 15) is 14.9 Å². The van der Waals surface area contributed by atoms with Crippen LogP contribution in [-0.4, -0.2) is 37.8 Å². The van der Waals surface area contributed by atoms with Crippen molar-refractivity contribution in [1.82, 2.24) is 19.9 Å². The molecule has 1 unspecified atom stereocenters. The van der Waals surface area contributed by atoms with Crippen LogP contribution in [0.5, 0.6) is 0 Å². The number of hydrogen-bond acceptors (Lipinski definition) is 5. The molecule has 1 aliphatic carbocycles. The number of benzene rings is 2. The highest BCUT2D eigenvalue weighted by Gasteiger charge is 2.31. The fraction of sp³-hybridized carbons (Fsp3) is 0.250. The zero-order chi connectivity index (χ0) is 19.8. The highest BCUT2D eigenvalue weighted by Crippen LogP contribution is 2.35. The molecule has 8 nitrogen and oxygen atoms in total. The molecule has 0 saturated carbocycles. The fourth-order valence-corrected chi connectivity index (χ4v) is 3.76. The van der Waals surface area contributed by atoms with E-state index in [0.717, 1.165) is 12.8 Å². The van der Waals surface area contributed by atoms with Crippen LogP contribution in [0.25, 0.3) is 5.69 Å². The van der Waals surface area contributed by atoms with Crippen molar-refractivity contribution in [3.8, 4) is 5.69 Å². The third kappa shape index (κ3) is 2.92. The van der Waals surface area contributed by atoms with Gasteiger partial charge in [0.15, 0.2) is 5.69 Å². The SMILES string of the molecule is Cc1c(C(=O)N(C)C2CCc3ccccc32)nnn1-c1cccc([N+](=O)[O-])c1. The molecular weight excluding hydrogens is 358 g/mol. The van der Waals surface area contributed by atoms with Gasteiger partial charge in [0.05, 0.1) is 22.3 Å². The molecule has 1 aliphatic rings. The summed E-state index contributed by atoms with van der Waals surface area (Å²) in [4.78, 5) is 25.3. The van der Waals surface area contributed by atoms with E-state index in [1.54, 1.807) is 31.0 Å². The van der Waals surface area contributed by atoms with Gasteiger partial charge in [0.2, 0.25) is 0 Å². The highest BCUT2D eigenvalue weighted by molar-refractivity contribution is 5.93. The molecule has 0 aliphatic heterocycles. The second-order valence-electron chi connectivity index (χ2n) is 6.88. The van der Waals surface area contributed by atoms with Crippen molar-refractivity contribution >= 4 is 11.6 Å². The number of hydrogen-bond donors (Lipinski definition) is 0. The Morgan fingerprint density at radius 1 is 1.25 bits per heavy atom. The molecule has 8 heteroatoms. The highest BCUT2D eigenvalue weighted by atomic mass is 16.6. The molecule has 0 N–H and O–H groups in total. The lowest BCUT2D eigenvalue weighted by Gasteiger charge is -2.24. The minimum atomic E-state index is -0.465. The van der Waals surface area contributed by atoms with Crippen LogP contribution in [0, 0.1) is 17.0 Å². The Morgan fingerprint density at radius 3 is 2.82 bits per heavy atom. The van der Waals surface area contributed by atoms with Gasteiger partial charge in [-0.25, -0.2) is 4.68 Å². The van der Waals surface area contributed by atoms with Gasteiger partial charge < -0.3 is 4.90 Å². The molecule has 0 spiro atoms. The van der Waals surface area contributed by atoms with Crippen molar-refractivity contribution < 1.29 is 9.72 Å². The van der Waals surface area contributed by atoms with Crippen LogP contribution in [0.15, 0.2) is 48.5 Å². The summed E-state index contributed by atoms with van der Waals surface area (Å²) in [5, 5.41) is 19.1. The molecule has 0 fully saturated rings. The van der Waals surface area contributed by atoms with Crippen molar-refractivity contribution in [2.24, 2.45) is 0 Å². The second-order valence-corrected chi connectivity index (χ2v) is 6.88. The fourth-order valence-electron chi connectivity index (χ4n) is 3.76. The van der Waals surface area contributed by atoms with Crippen LogP contribution in [0.3, 0.4) is 0 Å². The van der Waals surface area contributed by atoms with Gasteiger partial charge in [-0.15, -0.1) is 5.10 Å². The van der Waals surface area contributed by atoms with E-state index in [4.69, 9.17) is 0 Å². The maximum atomic E-state index is 13.1. The monoisotopic (exact) mass is 377 g/mol. The van der Waals surface area contributed by atoms with E-state index in [1.807, 2.05) is 12.1 Å². The number of carbonyl (C=O) groups is 1. The zero-order valence-corrected chi connectivity index (χ0v) is 15.6. The van der Waals surface area contributed by atoms with Crippen LogP contribution in [0.2, 0.25) is 0 Å². The molecule has 142 valence electrons. The first-order chi connectivity index (χ1) is 13.5. The first kappa shape index (κ1) is 17.8. The summed E-state index contributed by atoms with van der Waals surface area (Å²) < 4.78 is 1.46. The summed E-state index contributed by atoms with van der Waals surface area (Å²) in [7, 11) is 1.78. The number of nitrogens with zero attached hydrogens (tertiary/aromatic N) is 5. The van der Waals surface area contributed by atoms with Gasteiger partial charge in [0, 0.05) is 19.2 Å². The third-order valence-corrected chi connectivity index (χ3v) is 5.27. The summed E-state index contributed by atoms with van der Waals surface area (Å²) in [6.45, 7) is 1.74. The van der Waals surface area contributed by atoms with Crippen LogP contribution in [-0.2, 0) is 6.42 Å². The lowest BCUT2D eigenvalue weighted by Crippen LogP contribution is -2.31. The lowest BCUT2D eigenvalue weighted by atomic mass is 10.1. The molecule has 4 rings (SSSR count). The minimum absolute atomic E-state index is 0.00561. The first-order valence-electron chi connectivity index (χ1n) is 8.99. The second kappa shape index (κ2) is 6.88. The number of amides is 1. The molecule has 0 radical (unpaired) electrons. The van der Waals surface area contributed by atoms with E-state index in [1.165, 1.54) is 27.9 Å². The van der Waals surface area contributed by atoms with Crippen LogP contribution >= 0.6 is 0 Å². The van der Waals surface area contributed by atoms with Crippen molar-refractivity contribution in [1.29, 1.82) is 0 Å². The van der Waals surface area contributed by atoms with Crippen molar-refractivity contribution in [2.45, 2.75) is 25.8 Å². The van der Waals surface area contributed by atoms with Crippen molar-refractivity contribution in [3.63, 3.8) is 0 Å². The normalized spacial score (nSPS) is 15.3. The van der Waals surface area contributed by atoms with Gasteiger partial charge in [-0.1, -0.05) is 35.5 Å². The number of nitro benzene ring substituents is 1. The standard InChI is InChI=1S/C20H19N5O3/c1-13-19(21-22-24(13)15-7-5-8-16(12-15)25(27)28)20(26)23(2)18-11-10-14-6-3-4-9-17(14)18/h3-9,12,18H,10-11H2,1-2H3. The summed E-state index contributed by atoms with van der Waals surface area (Å²) in [6, 6.07) is 14.3. The number of non-ortho nitro benzene ring substituents is 1. The molecule has 0 saturated heterocycles. The van der Waals surface area contributed by atoms with Crippen LogP contribution in [0.1, 0.15) is 39.8 Å². The smallest absolute Gasteiger partial charge is 0.276 e. The topological polar surface area (TPSA) is 94.2 Å². The Labute approximate surface area is 161 Å². The number of aromatic nitrogens is 3. The Hall–Kier alpha value is -3.55. The maximum Gasteiger partial charge on any atom is 0.276 e. The summed E-state index contributed by atoms with van der Waals surface area (Å²) >= 11 is 0. The summed E-state index contributed by atoms with van der Waals surface area (Å²) in [5.74, 6) is -0.212. The van der Waals surface area contributed by atoms with Gasteiger partial charge in [0.1, 0.15) is 0 Å². The van der Waals surface area contributed by atoms with Crippen LogP contribution in [0.4, 0.5) is 5.69 Å². The molecule has 28 heavy (non-hydrogen) atoms. The molecule has 1 heterocycles. The van der Waals surface area contributed by atoms with E-state index in [-0.39, 0.29) is 23.3 Å². The Morgan fingerprint density at radius 2 is 2.04 bits per heavy atom. The molecule has 2 aromatic carbocycles. The van der Waals surface area contributed by atoms with E-state index in [0.29, 0.717) is 11.4 Å². The Kier molecular flexibility index (Phi) is 4.38. The predicted octanol–water partition coefficient (Wildman–Crippen LogP) is 3.24.